The molecule has 0 spiro atoms. The third-order valence-corrected chi connectivity index (χ3v) is 11.2. The first-order valence-electron chi connectivity index (χ1n) is 14.1. The van der Waals surface area contributed by atoms with E-state index in [1.165, 1.54) is 0 Å². The second-order valence-electron chi connectivity index (χ2n) is 13.6. The summed E-state index contributed by atoms with van der Waals surface area (Å²) in [4.78, 5) is 26.7. The Morgan fingerprint density at radius 1 is 1.19 bits per heavy atom. The first-order valence-corrected chi connectivity index (χ1v) is 14.1. The molecule has 4 bridgehead atoms. The molecule has 8 heteroatoms. The van der Waals surface area contributed by atoms with Gasteiger partial charge in [-0.1, -0.05) is 38.8 Å². The van der Waals surface area contributed by atoms with Crippen molar-refractivity contribution in [1.82, 2.24) is 0 Å². The van der Waals surface area contributed by atoms with Gasteiger partial charge in [-0.2, -0.15) is 0 Å². The standard InChI is InChI=1S/C29H42O8/c1-14(2)20-9-17-10-27(12-30)19-8-7-15(3)18(19)11-28(17,29(20,27)25(32)33)13-34-24-21(31)23-22(16(4)35-24)36-26(5,6)37-23/h9,12,14-19,21-24,31H,7-8,10-11,13H2,1-6H3,(H,32,33)/t15-,16-,17?,18-,19-,21-,22-,23+,24-,27?,28?,29?/m1/s1. The molecule has 0 radical (unpaired) electrons. The summed E-state index contributed by atoms with van der Waals surface area (Å²) in [6.45, 7) is 11.9. The fourth-order valence-electron chi connectivity index (χ4n) is 9.97. The van der Waals surface area contributed by atoms with Gasteiger partial charge in [0.2, 0.25) is 0 Å². The quantitative estimate of drug-likeness (QED) is 0.406. The van der Waals surface area contributed by atoms with Crippen LogP contribution < -0.4 is 0 Å². The first-order chi connectivity index (χ1) is 17.3. The van der Waals surface area contributed by atoms with Crippen molar-refractivity contribution in [1.29, 1.82) is 0 Å². The zero-order valence-corrected chi connectivity index (χ0v) is 22.8. The summed E-state index contributed by atoms with van der Waals surface area (Å²) in [6, 6.07) is 0. The molecule has 0 aromatic heterocycles. The Balaban J connectivity index is 1.39. The summed E-state index contributed by atoms with van der Waals surface area (Å²) < 4.78 is 24.5. The molecule has 0 amide bonds. The van der Waals surface area contributed by atoms with Gasteiger partial charge in [-0.3, -0.25) is 4.79 Å². The minimum absolute atomic E-state index is 0.000883. The Morgan fingerprint density at radius 3 is 2.54 bits per heavy atom. The Hall–Kier alpha value is -1.32. The molecule has 4 aliphatic carbocycles. The topological polar surface area (TPSA) is 112 Å². The molecule has 3 saturated carbocycles. The SMILES string of the molecule is CC(C)C1=CC2CC3(C=O)[C@@H]4CC[C@@H](C)[C@H]4CC2(CO[C@@H]2O[C@H](C)[C@H]4OC(C)(C)O[C@H]4[C@H]2O)C13C(=O)O. The molecular weight excluding hydrogens is 476 g/mol. The maximum atomic E-state index is 13.6. The average Bonchev–Trinajstić information content (AvgIpc) is 3.50. The number of aldehydes is 1. The lowest BCUT2D eigenvalue weighted by molar-refractivity contribution is -0.287. The monoisotopic (exact) mass is 518 g/mol. The minimum atomic E-state index is -1.31. The smallest absolute Gasteiger partial charge is 0.315 e. The lowest BCUT2D eigenvalue weighted by atomic mass is 9.43. The number of carbonyl (C=O) groups excluding carboxylic acids is 1. The predicted molar refractivity (Wildman–Crippen MR) is 132 cm³/mol. The number of hydrogen-bond donors (Lipinski definition) is 2. The van der Waals surface area contributed by atoms with Crippen LogP contribution in [0.5, 0.6) is 0 Å². The number of carboxylic acids is 1. The zero-order chi connectivity index (χ0) is 26.7. The van der Waals surface area contributed by atoms with Crippen LogP contribution in [0.2, 0.25) is 0 Å². The van der Waals surface area contributed by atoms with Crippen molar-refractivity contribution in [3.8, 4) is 0 Å². The number of hydrogen-bond acceptors (Lipinski definition) is 7. The number of carbonyl (C=O) groups is 2. The van der Waals surface area contributed by atoms with Crippen molar-refractivity contribution < 1.29 is 38.7 Å². The van der Waals surface area contributed by atoms with Gasteiger partial charge in [-0.05, 0) is 69.6 Å². The molecule has 37 heavy (non-hydrogen) atoms. The summed E-state index contributed by atoms with van der Waals surface area (Å²) in [5.74, 6) is -1.04. The molecule has 6 aliphatic rings. The number of fused-ring (bicyclic) bond motifs is 3. The van der Waals surface area contributed by atoms with Crippen LogP contribution in [0.15, 0.2) is 11.6 Å². The van der Waals surface area contributed by atoms with E-state index in [9.17, 15) is 19.8 Å². The molecule has 2 aliphatic heterocycles. The second-order valence-corrected chi connectivity index (χ2v) is 13.6. The molecule has 0 aromatic rings. The molecule has 2 N–H and O–H groups in total. The molecule has 5 fully saturated rings. The van der Waals surface area contributed by atoms with Crippen molar-refractivity contribution in [2.24, 2.45) is 45.8 Å². The Bertz CT molecular complexity index is 1020. The van der Waals surface area contributed by atoms with E-state index in [1.807, 2.05) is 34.6 Å². The molecule has 0 aromatic carbocycles. The normalized spacial score (nSPS) is 53.2. The molecule has 8 nitrogen and oxygen atoms in total. The van der Waals surface area contributed by atoms with Crippen molar-refractivity contribution >= 4 is 12.3 Å². The third kappa shape index (κ3) is 3.02. The third-order valence-electron chi connectivity index (χ3n) is 11.2. The summed E-state index contributed by atoms with van der Waals surface area (Å²) in [7, 11) is 0. The van der Waals surface area contributed by atoms with Crippen molar-refractivity contribution in [2.75, 3.05) is 6.61 Å². The van der Waals surface area contributed by atoms with Crippen LogP contribution in [-0.2, 0) is 28.5 Å². The van der Waals surface area contributed by atoms with E-state index < -0.39 is 52.6 Å². The van der Waals surface area contributed by atoms with Gasteiger partial charge in [-0.15, -0.1) is 0 Å². The van der Waals surface area contributed by atoms with Crippen LogP contribution in [0.4, 0.5) is 0 Å². The number of rotatable bonds is 6. The van der Waals surface area contributed by atoms with Gasteiger partial charge in [0.15, 0.2) is 12.1 Å². The van der Waals surface area contributed by atoms with Crippen LogP contribution in [0, 0.1) is 45.8 Å². The van der Waals surface area contributed by atoms with Crippen molar-refractivity contribution in [3.63, 3.8) is 0 Å². The molecule has 4 unspecified atom stereocenters. The number of aliphatic hydroxyl groups excluding tert-OH is 1. The van der Waals surface area contributed by atoms with Gasteiger partial charge < -0.3 is 34.0 Å². The molecular formula is C29H42O8. The van der Waals surface area contributed by atoms with Crippen molar-refractivity contribution in [2.45, 2.75) is 104 Å². The van der Waals surface area contributed by atoms with Crippen LogP contribution >= 0.6 is 0 Å². The fraction of sp³-hybridized carbons (Fsp3) is 0.862. The number of aliphatic carboxylic acids is 1. The highest BCUT2D eigenvalue weighted by molar-refractivity contribution is 5.90. The first kappa shape index (κ1) is 25.9. The van der Waals surface area contributed by atoms with Crippen LogP contribution in [-0.4, -0.2) is 65.6 Å². The van der Waals surface area contributed by atoms with Gasteiger partial charge in [0, 0.05) is 5.41 Å². The maximum absolute atomic E-state index is 13.6. The van der Waals surface area contributed by atoms with Gasteiger partial charge in [0.05, 0.1) is 18.1 Å². The van der Waals surface area contributed by atoms with Gasteiger partial charge in [0.25, 0.3) is 0 Å². The lowest BCUT2D eigenvalue weighted by Crippen LogP contribution is -2.64. The minimum Gasteiger partial charge on any atom is -0.481 e. The van der Waals surface area contributed by atoms with E-state index in [1.54, 1.807) is 0 Å². The van der Waals surface area contributed by atoms with E-state index in [0.29, 0.717) is 18.8 Å². The van der Waals surface area contributed by atoms with E-state index >= 15 is 0 Å². The van der Waals surface area contributed by atoms with Gasteiger partial charge in [-0.25, -0.2) is 0 Å². The maximum Gasteiger partial charge on any atom is 0.315 e. The largest absolute Gasteiger partial charge is 0.481 e. The Morgan fingerprint density at radius 2 is 1.89 bits per heavy atom. The Kier molecular flexibility index (Phi) is 5.68. The second kappa shape index (κ2) is 8.10. The molecule has 2 heterocycles. The summed E-state index contributed by atoms with van der Waals surface area (Å²) in [6.07, 6.45) is 2.92. The molecule has 12 atom stereocenters. The van der Waals surface area contributed by atoms with E-state index in [0.717, 1.165) is 24.7 Å². The average molecular weight is 519 g/mol. The number of aliphatic hydroxyl groups is 1. The Labute approximate surface area is 219 Å². The molecule has 206 valence electrons. The van der Waals surface area contributed by atoms with Gasteiger partial charge in [0.1, 0.15) is 30.0 Å². The number of carboxylic acid groups (broad SMARTS) is 1. The lowest BCUT2D eigenvalue weighted by Gasteiger charge is -2.58. The van der Waals surface area contributed by atoms with E-state index in [2.05, 4.69) is 13.0 Å². The summed E-state index contributed by atoms with van der Waals surface area (Å²) >= 11 is 0. The van der Waals surface area contributed by atoms with Crippen LogP contribution in [0.1, 0.15) is 67.2 Å². The predicted octanol–water partition coefficient (Wildman–Crippen LogP) is 3.55. The molecule has 2 saturated heterocycles. The van der Waals surface area contributed by atoms with Gasteiger partial charge >= 0.3 is 5.97 Å². The summed E-state index contributed by atoms with van der Waals surface area (Å²) in [5.41, 5.74) is -2.15. The highest BCUT2D eigenvalue weighted by Gasteiger charge is 2.84. The number of allylic oxidation sites excluding steroid dienone is 1. The van der Waals surface area contributed by atoms with E-state index in [-0.39, 0.29) is 36.4 Å². The molecule has 6 rings (SSSR count). The summed E-state index contributed by atoms with van der Waals surface area (Å²) in [5, 5.41) is 22.3. The van der Waals surface area contributed by atoms with Crippen molar-refractivity contribution in [3.05, 3.63) is 11.6 Å². The van der Waals surface area contributed by atoms with Crippen LogP contribution in [0.3, 0.4) is 0 Å². The van der Waals surface area contributed by atoms with E-state index in [4.69, 9.17) is 18.9 Å². The fourth-order valence-corrected chi connectivity index (χ4v) is 9.97. The zero-order valence-electron chi connectivity index (χ0n) is 22.8. The highest BCUT2D eigenvalue weighted by atomic mass is 16.8. The van der Waals surface area contributed by atoms with Crippen LogP contribution in [0.25, 0.3) is 0 Å². The number of ether oxygens (including phenoxy) is 4. The highest BCUT2D eigenvalue weighted by Crippen LogP contribution is 2.82.